The fourth-order valence-electron chi connectivity index (χ4n) is 4.60. The lowest BCUT2D eigenvalue weighted by Crippen LogP contribution is -2.50. The standard InChI is InChI=1S/C26H27FN6O2/c1-16-15-28-12-14-33(16)24-17-10-13-32(2)21(17)8-7-19(24)31-26(34)20-9-11-29-25(30-20)23-18(27)5-4-6-22(23)35-3/h4-11,13,16,28H,12,14-15H2,1-3H3,(H,31,34)/t16-/m1/s1. The van der Waals surface area contributed by atoms with Gasteiger partial charge in [-0.2, -0.15) is 0 Å². The van der Waals surface area contributed by atoms with Crippen molar-refractivity contribution in [2.24, 2.45) is 7.05 Å². The second-order valence-corrected chi connectivity index (χ2v) is 8.60. The molecule has 35 heavy (non-hydrogen) atoms. The summed E-state index contributed by atoms with van der Waals surface area (Å²) in [6.45, 7) is 4.71. The molecule has 2 aromatic carbocycles. The van der Waals surface area contributed by atoms with Gasteiger partial charge < -0.3 is 24.8 Å². The maximum absolute atomic E-state index is 14.6. The summed E-state index contributed by atoms with van der Waals surface area (Å²) in [6, 6.07) is 12.2. The van der Waals surface area contributed by atoms with Gasteiger partial charge in [-0.25, -0.2) is 14.4 Å². The number of hydrogen-bond donors (Lipinski definition) is 2. The number of fused-ring (bicyclic) bond motifs is 1. The molecule has 8 nitrogen and oxygen atoms in total. The number of anilines is 2. The summed E-state index contributed by atoms with van der Waals surface area (Å²) >= 11 is 0. The summed E-state index contributed by atoms with van der Waals surface area (Å²) in [6.07, 6.45) is 3.47. The summed E-state index contributed by atoms with van der Waals surface area (Å²) in [5.74, 6) is -0.538. The summed E-state index contributed by atoms with van der Waals surface area (Å²) in [5.41, 5.74) is 3.01. The van der Waals surface area contributed by atoms with E-state index in [-0.39, 0.29) is 23.1 Å². The quantitative estimate of drug-likeness (QED) is 0.457. The second-order valence-electron chi connectivity index (χ2n) is 8.60. The number of halogens is 1. The van der Waals surface area contributed by atoms with Crippen LogP contribution in [0, 0.1) is 5.82 Å². The largest absolute Gasteiger partial charge is 0.496 e. The number of benzene rings is 2. The van der Waals surface area contributed by atoms with E-state index in [0.29, 0.717) is 11.4 Å². The molecule has 2 aromatic heterocycles. The second kappa shape index (κ2) is 9.34. The maximum atomic E-state index is 14.6. The number of nitrogens with zero attached hydrogens (tertiary/aromatic N) is 4. The lowest BCUT2D eigenvalue weighted by atomic mass is 10.1. The minimum Gasteiger partial charge on any atom is -0.496 e. The highest BCUT2D eigenvalue weighted by Crippen LogP contribution is 2.37. The summed E-state index contributed by atoms with van der Waals surface area (Å²) in [4.78, 5) is 24.2. The molecular weight excluding hydrogens is 447 g/mol. The number of aryl methyl sites for hydroxylation is 1. The van der Waals surface area contributed by atoms with Crippen LogP contribution in [0.15, 0.2) is 54.9 Å². The summed E-state index contributed by atoms with van der Waals surface area (Å²) in [7, 11) is 3.46. The van der Waals surface area contributed by atoms with Crippen LogP contribution in [0.4, 0.5) is 15.8 Å². The highest BCUT2D eigenvalue weighted by atomic mass is 19.1. The number of aromatic nitrogens is 3. The van der Waals surface area contributed by atoms with Crippen molar-refractivity contribution in [3.8, 4) is 17.1 Å². The number of amides is 1. The zero-order chi connectivity index (χ0) is 24.5. The van der Waals surface area contributed by atoms with Crippen LogP contribution in [0.1, 0.15) is 17.4 Å². The van der Waals surface area contributed by atoms with Crippen LogP contribution in [0.5, 0.6) is 5.75 Å². The Kier molecular flexibility index (Phi) is 6.08. The van der Waals surface area contributed by atoms with E-state index in [1.165, 1.54) is 25.4 Å². The van der Waals surface area contributed by atoms with Crippen molar-refractivity contribution in [3.63, 3.8) is 0 Å². The molecule has 180 valence electrons. The van der Waals surface area contributed by atoms with Crippen LogP contribution >= 0.6 is 0 Å². The zero-order valence-electron chi connectivity index (χ0n) is 19.9. The van der Waals surface area contributed by atoms with Crippen LogP contribution in [-0.2, 0) is 7.05 Å². The minimum atomic E-state index is -0.522. The van der Waals surface area contributed by atoms with Gasteiger partial charge in [0.15, 0.2) is 5.82 Å². The van der Waals surface area contributed by atoms with Gasteiger partial charge in [-0.1, -0.05) is 6.07 Å². The highest BCUT2D eigenvalue weighted by Gasteiger charge is 2.25. The van der Waals surface area contributed by atoms with Gasteiger partial charge in [-0.05, 0) is 43.3 Å². The molecule has 0 bridgehead atoms. The average Bonchev–Trinajstić information content (AvgIpc) is 3.25. The third-order valence-electron chi connectivity index (χ3n) is 6.38. The first-order valence-electron chi connectivity index (χ1n) is 11.5. The van der Waals surface area contributed by atoms with Gasteiger partial charge in [-0.15, -0.1) is 0 Å². The Balaban J connectivity index is 1.53. The molecule has 1 amide bonds. The molecule has 9 heteroatoms. The van der Waals surface area contributed by atoms with Crippen molar-refractivity contribution < 1.29 is 13.9 Å². The fourth-order valence-corrected chi connectivity index (χ4v) is 4.60. The molecule has 1 aliphatic heterocycles. The van der Waals surface area contributed by atoms with E-state index >= 15 is 0 Å². The van der Waals surface area contributed by atoms with Crippen molar-refractivity contribution in [1.29, 1.82) is 0 Å². The van der Waals surface area contributed by atoms with E-state index in [2.05, 4.69) is 43.1 Å². The molecule has 4 aromatic rings. The van der Waals surface area contributed by atoms with Crippen LogP contribution < -0.4 is 20.3 Å². The Bertz CT molecular complexity index is 1400. The van der Waals surface area contributed by atoms with Crippen LogP contribution in [0.2, 0.25) is 0 Å². The molecule has 0 unspecified atom stereocenters. The normalized spacial score (nSPS) is 15.9. The van der Waals surface area contributed by atoms with E-state index in [1.54, 1.807) is 12.1 Å². The Hall–Kier alpha value is -3.98. The van der Waals surface area contributed by atoms with E-state index in [4.69, 9.17) is 4.74 Å². The van der Waals surface area contributed by atoms with Crippen molar-refractivity contribution >= 4 is 28.2 Å². The zero-order valence-corrected chi connectivity index (χ0v) is 19.9. The summed E-state index contributed by atoms with van der Waals surface area (Å²) in [5, 5.41) is 7.53. The molecule has 1 aliphatic rings. The first-order chi connectivity index (χ1) is 17.0. The SMILES string of the molecule is COc1cccc(F)c1-c1nccc(C(=O)Nc2ccc3c(ccn3C)c2N2CCNC[C@H]2C)n1. The minimum absolute atomic E-state index is 0.0852. The van der Waals surface area contributed by atoms with Gasteiger partial charge in [0.05, 0.1) is 24.0 Å². The topological polar surface area (TPSA) is 84.3 Å². The number of methoxy groups -OCH3 is 1. The average molecular weight is 475 g/mol. The van der Waals surface area contributed by atoms with Crippen molar-refractivity contribution in [1.82, 2.24) is 19.9 Å². The molecule has 3 heterocycles. The van der Waals surface area contributed by atoms with E-state index in [0.717, 1.165) is 36.2 Å². The number of piperazine rings is 1. The van der Waals surface area contributed by atoms with Gasteiger partial charge in [0.25, 0.3) is 5.91 Å². The van der Waals surface area contributed by atoms with Gasteiger partial charge >= 0.3 is 0 Å². The molecule has 0 aliphatic carbocycles. The van der Waals surface area contributed by atoms with Gasteiger partial charge in [0.1, 0.15) is 17.3 Å². The van der Waals surface area contributed by atoms with E-state index < -0.39 is 11.7 Å². The molecule has 2 N–H and O–H groups in total. The van der Waals surface area contributed by atoms with Gasteiger partial charge in [0.2, 0.25) is 0 Å². The lowest BCUT2D eigenvalue weighted by molar-refractivity contribution is 0.102. The van der Waals surface area contributed by atoms with E-state index in [9.17, 15) is 9.18 Å². The molecular formula is C26H27FN6O2. The van der Waals surface area contributed by atoms with Crippen LogP contribution in [-0.4, -0.2) is 53.2 Å². The fraction of sp³-hybridized carbons (Fsp3) is 0.269. The smallest absolute Gasteiger partial charge is 0.274 e. The van der Waals surface area contributed by atoms with Gasteiger partial charge in [0, 0.05) is 56.0 Å². The van der Waals surface area contributed by atoms with Gasteiger partial charge in [-0.3, -0.25) is 4.79 Å². The van der Waals surface area contributed by atoms with Crippen LogP contribution in [0.25, 0.3) is 22.3 Å². The maximum Gasteiger partial charge on any atom is 0.274 e. The molecule has 1 fully saturated rings. The number of nitrogens with one attached hydrogen (secondary N) is 2. The Labute approximate surface area is 202 Å². The molecule has 0 saturated carbocycles. The number of carbonyl (C=O) groups excluding carboxylic acids is 1. The Morgan fingerprint density at radius 1 is 1.23 bits per heavy atom. The highest BCUT2D eigenvalue weighted by molar-refractivity contribution is 6.09. The van der Waals surface area contributed by atoms with Crippen molar-refractivity contribution in [2.75, 3.05) is 37.0 Å². The van der Waals surface area contributed by atoms with E-state index in [1.807, 2.05) is 25.4 Å². The predicted octanol–water partition coefficient (Wildman–Crippen LogP) is 3.83. The molecule has 0 spiro atoms. The van der Waals surface area contributed by atoms with Crippen LogP contribution in [0.3, 0.4) is 0 Å². The molecule has 5 rings (SSSR count). The van der Waals surface area contributed by atoms with Crippen molar-refractivity contribution in [2.45, 2.75) is 13.0 Å². The number of carbonyl (C=O) groups is 1. The summed E-state index contributed by atoms with van der Waals surface area (Å²) < 4.78 is 21.9. The lowest BCUT2D eigenvalue weighted by Gasteiger charge is -2.37. The number of rotatable bonds is 5. The Morgan fingerprint density at radius 2 is 2.09 bits per heavy atom. The molecule has 1 atom stereocenters. The Morgan fingerprint density at radius 3 is 2.89 bits per heavy atom. The molecule has 1 saturated heterocycles. The number of hydrogen-bond acceptors (Lipinski definition) is 6. The first-order valence-corrected chi connectivity index (χ1v) is 11.5. The third kappa shape index (κ3) is 4.19. The third-order valence-corrected chi connectivity index (χ3v) is 6.38. The molecule has 0 radical (unpaired) electrons. The van der Waals surface area contributed by atoms with Crippen molar-refractivity contribution in [3.05, 3.63) is 66.4 Å². The monoisotopic (exact) mass is 474 g/mol. The first kappa shape index (κ1) is 22.8. The number of ether oxygens (including phenoxy) is 1. The predicted molar refractivity (Wildman–Crippen MR) is 135 cm³/mol.